The maximum atomic E-state index is 11.3. The molecule has 5 nitrogen and oxygen atoms in total. The number of nitrogens with two attached hydrogens (primary N) is 1. The number of hydrogen-bond acceptors (Lipinski definition) is 3. The molecule has 0 aliphatic rings. The number of likely N-dealkylation sites (N-methyl/N-ethyl adjacent to an activating group) is 1. The topological polar surface area (TPSA) is 69.4 Å². The van der Waals surface area contributed by atoms with Gasteiger partial charge in [-0.25, -0.2) is 4.79 Å². The highest BCUT2D eigenvalue weighted by molar-refractivity contribution is 5.94. The number of esters is 1. The Hall–Kier alpha value is -1.62. The molecule has 0 bridgehead atoms. The molecular formula is C11H19N2O3+. The first-order chi connectivity index (χ1) is 7.22. The van der Waals surface area contributed by atoms with Crippen LogP contribution in [0, 0.1) is 0 Å². The van der Waals surface area contributed by atoms with Gasteiger partial charge in [0.05, 0.1) is 26.7 Å². The summed E-state index contributed by atoms with van der Waals surface area (Å²) in [5, 5.41) is 0. The van der Waals surface area contributed by atoms with Crippen molar-refractivity contribution in [2.24, 2.45) is 5.73 Å². The van der Waals surface area contributed by atoms with Crippen molar-refractivity contribution in [2.45, 2.75) is 0 Å². The van der Waals surface area contributed by atoms with E-state index in [0.717, 1.165) is 6.08 Å². The molecule has 0 fully saturated rings. The number of amides is 1. The van der Waals surface area contributed by atoms with Crippen molar-refractivity contribution in [1.29, 1.82) is 0 Å². The Labute approximate surface area is 95.8 Å². The largest absolute Gasteiger partial charge is 0.456 e. The Morgan fingerprint density at radius 1 is 1.31 bits per heavy atom. The fourth-order valence-corrected chi connectivity index (χ4v) is 0.756. The molecule has 0 heterocycles. The number of primary amides is 1. The van der Waals surface area contributed by atoms with Gasteiger partial charge in [-0.1, -0.05) is 6.58 Å². The average Bonchev–Trinajstić information content (AvgIpc) is 2.11. The predicted molar refractivity (Wildman–Crippen MR) is 61.3 cm³/mol. The Kier molecular flexibility index (Phi) is 5.46. The van der Waals surface area contributed by atoms with Crippen molar-refractivity contribution in [3.8, 4) is 0 Å². The zero-order valence-corrected chi connectivity index (χ0v) is 10.0. The van der Waals surface area contributed by atoms with E-state index in [0.29, 0.717) is 17.6 Å². The molecule has 0 spiro atoms. The summed E-state index contributed by atoms with van der Waals surface area (Å²) in [5.41, 5.74) is 4.99. The summed E-state index contributed by atoms with van der Waals surface area (Å²) in [6.45, 7) is 4.49. The Morgan fingerprint density at radius 3 is 2.31 bits per heavy atom. The molecule has 2 N–H and O–H groups in total. The van der Waals surface area contributed by atoms with Gasteiger partial charge in [0.1, 0.15) is 13.2 Å². The average molecular weight is 227 g/mol. The highest BCUT2D eigenvalue weighted by Crippen LogP contribution is 1.98. The summed E-state index contributed by atoms with van der Waals surface area (Å²) in [5.74, 6) is -1.16. The number of carbonyl (C=O) groups excluding carboxylic acids is 2. The van der Waals surface area contributed by atoms with Crippen molar-refractivity contribution in [3.63, 3.8) is 0 Å². The fraction of sp³-hybridized carbons (Fsp3) is 0.455. The predicted octanol–water partition coefficient (Wildman–Crippen LogP) is -0.166. The van der Waals surface area contributed by atoms with Gasteiger partial charge in [-0.05, 0) is 6.08 Å². The lowest BCUT2D eigenvalue weighted by molar-refractivity contribution is -0.870. The molecular weight excluding hydrogens is 208 g/mol. The first-order valence-corrected chi connectivity index (χ1v) is 4.86. The molecule has 0 aromatic rings. The number of ether oxygens (including phenoxy) is 1. The van der Waals surface area contributed by atoms with E-state index in [2.05, 4.69) is 6.58 Å². The summed E-state index contributed by atoms with van der Waals surface area (Å²) < 4.78 is 5.66. The van der Waals surface area contributed by atoms with E-state index in [9.17, 15) is 9.59 Å². The van der Waals surface area contributed by atoms with Gasteiger partial charge >= 0.3 is 5.97 Å². The SMILES string of the molecule is C=C(C=CC(N)=O)C(=O)OCC[N+](C)(C)C. The van der Waals surface area contributed by atoms with Crippen molar-refractivity contribution in [2.75, 3.05) is 34.3 Å². The van der Waals surface area contributed by atoms with Crippen LogP contribution in [0.1, 0.15) is 0 Å². The molecule has 0 aliphatic heterocycles. The van der Waals surface area contributed by atoms with E-state index in [1.165, 1.54) is 6.08 Å². The lowest BCUT2D eigenvalue weighted by Gasteiger charge is -2.23. The molecule has 0 saturated carbocycles. The first kappa shape index (κ1) is 14.4. The van der Waals surface area contributed by atoms with Gasteiger partial charge in [0.2, 0.25) is 5.91 Å². The van der Waals surface area contributed by atoms with E-state index < -0.39 is 11.9 Å². The van der Waals surface area contributed by atoms with E-state index in [1.807, 2.05) is 21.1 Å². The van der Waals surface area contributed by atoms with Gasteiger partial charge in [-0.3, -0.25) is 4.79 Å². The highest BCUT2D eigenvalue weighted by Gasteiger charge is 2.10. The van der Waals surface area contributed by atoms with Crippen LogP contribution in [0.4, 0.5) is 0 Å². The Bertz CT molecular complexity index is 314. The second-order valence-electron chi connectivity index (χ2n) is 4.41. The molecule has 0 atom stereocenters. The monoisotopic (exact) mass is 227 g/mol. The summed E-state index contributed by atoms with van der Waals surface area (Å²) in [4.78, 5) is 21.7. The Morgan fingerprint density at radius 2 is 1.88 bits per heavy atom. The summed E-state index contributed by atoms with van der Waals surface area (Å²) in [7, 11) is 5.99. The molecule has 0 saturated heterocycles. The molecule has 0 aliphatic carbocycles. The smallest absolute Gasteiger partial charge is 0.337 e. The minimum atomic E-state index is -0.625. The first-order valence-electron chi connectivity index (χ1n) is 4.86. The normalized spacial score (nSPS) is 11.4. The third-order valence-corrected chi connectivity index (χ3v) is 1.71. The van der Waals surface area contributed by atoms with Gasteiger partial charge in [0, 0.05) is 6.08 Å². The molecule has 16 heavy (non-hydrogen) atoms. The number of hydrogen-bond donors (Lipinski definition) is 1. The van der Waals surface area contributed by atoms with Crippen LogP contribution in [0.25, 0.3) is 0 Å². The van der Waals surface area contributed by atoms with Gasteiger partial charge in [-0.2, -0.15) is 0 Å². The van der Waals surface area contributed by atoms with Crippen LogP contribution in [0.15, 0.2) is 24.3 Å². The maximum Gasteiger partial charge on any atom is 0.337 e. The zero-order valence-electron chi connectivity index (χ0n) is 10.0. The third-order valence-electron chi connectivity index (χ3n) is 1.71. The Balaban J connectivity index is 3.99. The van der Waals surface area contributed by atoms with E-state index >= 15 is 0 Å². The molecule has 90 valence electrons. The molecule has 0 aromatic carbocycles. The summed E-state index contributed by atoms with van der Waals surface area (Å²) in [6, 6.07) is 0. The maximum absolute atomic E-state index is 11.3. The van der Waals surface area contributed by atoms with E-state index in [-0.39, 0.29) is 5.57 Å². The number of quaternary nitrogens is 1. The number of carbonyl (C=O) groups is 2. The van der Waals surface area contributed by atoms with Gasteiger partial charge in [-0.15, -0.1) is 0 Å². The molecule has 0 radical (unpaired) electrons. The van der Waals surface area contributed by atoms with Crippen LogP contribution < -0.4 is 5.73 Å². The quantitative estimate of drug-likeness (QED) is 0.296. The molecule has 0 rings (SSSR count). The van der Waals surface area contributed by atoms with E-state index in [1.54, 1.807) is 0 Å². The minimum absolute atomic E-state index is 0.111. The second-order valence-corrected chi connectivity index (χ2v) is 4.41. The van der Waals surface area contributed by atoms with Gasteiger partial charge in [0.25, 0.3) is 0 Å². The minimum Gasteiger partial charge on any atom is -0.456 e. The molecule has 1 amide bonds. The summed E-state index contributed by atoms with van der Waals surface area (Å²) in [6.07, 6.45) is 2.32. The highest BCUT2D eigenvalue weighted by atomic mass is 16.5. The second kappa shape index (κ2) is 6.07. The van der Waals surface area contributed by atoms with Crippen LogP contribution in [0.3, 0.4) is 0 Å². The van der Waals surface area contributed by atoms with Crippen LogP contribution in [0.5, 0.6) is 0 Å². The molecule has 0 aromatic heterocycles. The zero-order chi connectivity index (χ0) is 12.8. The molecule has 5 heteroatoms. The third kappa shape index (κ3) is 7.75. The van der Waals surface area contributed by atoms with Crippen LogP contribution in [-0.2, 0) is 14.3 Å². The van der Waals surface area contributed by atoms with Gasteiger partial charge in [0.15, 0.2) is 0 Å². The lowest BCUT2D eigenvalue weighted by atomic mass is 10.3. The fourth-order valence-electron chi connectivity index (χ4n) is 0.756. The van der Waals surface area contributed by atoms with Crippen molar-refractivity contribution < 1.29 is 18.8 Å². The van der Waals surface area contributed by atoms with Crippen molar-refractivity contribution in [1.82, 2.24) is 0 Å². The lowest BCUT2D eigenvalue weighted by Crippen LogP contribution is -2.38. The van der Waals surface area contributed by atoms with Crippen LogP contribution >= 0.6 is 0 Å². The van der Waals surface area contributed by atoms with Crippen LogP contribution in [-0.4, -0.2) is 50.7 Å². The van der Waals surface area contributed by atoms with Gasteiger partial charge < -0.3 is 15.0 Å². The standard InChI is InChI=1S/C11H18N2O3/c1-9(5-6-10(12)14)11(15)16-8-7-13(2,3)4/h5-6H,1,7-8H2,2-4H3,(H-,12,14)/p+1. The summed E-state index contributed by atoms with van der Waals surface area (Å²) >= 11 is 0. The number of nitrogens with zero attached hydrogens (tertiary/aromatic N) is 1. The van der Waals surface area contributed by atoms with E-state index in [4.69, 9.17) is 10.5 Å². The van der Waals surface area contributed by atoms with Crippen LogP contribution in [0.2, 0.25) is 0 Å². The molecule has 0 unspecified atom stereocenters. The van der Waals surface area contributed by atoms with Crippen molar-refractivity contribution in [3.05, 3.63) is 24.3 Å². The van der Waals surface area contributed by atoms with Crippen molar-refractivity contribution >= 4 is 11.9 Å². The number of rotatable bonds is 6.